The Bertz CT molecular complexity index is 1600. The van der Waals surface area contributed by atoms with Crippen molar-refractivity contribution in [1.29, 1.82) is 0 Å². The van der Waals surface area contributed by atoms with E-state index in [4.69, 9.17) is 0 Å². The average molecular weight is 831 g/mol. The minimum atomic E-state index is 0. The van der Waals surface area contributed by atoms with Gasteiger partial charge >= 0.3 is 128 Å². The second kappa shape index (κ2) is 16.9. The first-order chi connectivity index (χ1) is 19.8. The van der Waals surface area contributed by atoms with E-state index < -0.39 is 0 Å². The van der Waals surface area contributed by atoms with Gasteiger partial charge in [0.1, 0.15) is 0 Å². The van der Waals surface area contributed by atoms with Crippen LogP contribution in [0, 0.1) is 6.08 Å². The summed E-state index contributed by atoms with van der Waals surface area (Å²) in [6.07, 6.45) is 10.0. The van der Waals surface area contributed by atoms with Crippen molar-refractivity contribution in [3.05, 3.63) is 146 Å². The Labute approximate surface area is 308 Å². The molecule has 0 saturated carbocycles. The fourth-order valence-corrected chi connectivity index (χ4v) is 6.02. The molecule has 0 heterocycles. The zero-order valence-corrected chi connectivity index (χ0v) is 33.4. The summed E-state index contributed by atoms with van der Waals surface area (Å²) >= 11 is 8.34. The Kier molecular flexibility index (Phi) is 14.9. The Morgan fingerprint density at radius 1 is 0.659 bits per heavy atom. The summed E-state index contributed by atoms with van der Waals surface area (Å²) in [6, 6.07) is 33.1. The van der Waals surface area contributed by atoms with Gasteiger partial charge in [0.25, 0.3) is 0 Å². The van der Waals surface area contributed by atoms with Gasteiger partial charge in [-0.3, -0.25) is 6.08 Å². The van der Waals surface area contributed by atoms with Crippen LogP contribution in [0.25, 0.3) is 21.5 Å². The molecule has 0 nitrogen and oxygen atoms in total. The maximum Gasteiger partial charge on any atom is -0.0145 e. The van der Waals surface area contributed by atoms with Gasteiger partial charge in [0, 0.05) is 0 Å². The van der Waals surface area contributed by atoms with Crippen LogP contribution in [0.5, 0.6) is 0 Å². The van der Waals surface area contributed by atoms with E-state index in [0.717, 1.165) is 15.4 Å². The van der Waals surface area contributed by atoms with Crippen LogP contribution in [0.3, 0.4) is 0 Å². The molecule has 1 aliphatic carbocycles. The number of benzene rings is 4. The van der Waals surface area contributed by atoms with Gasteiger partial charge in [-0.25, -0.2) is 12.2 Å². The van der Waals surface area contributed by atoms with Gasteiger partial charge in [-0.1, -0.05) is 76.9 Å². The summed E-state index contributed by atoms with van der Waals surface area (Å²) in [5.41, 5.74) is 5.79. The maximum absolute atomic E-state index is 3.45. The van der Waals surface area contributed by atoms with Crippen LogP contribution in [0.1, 0.15) is 70.2 Å². The third-order valence-electron chi connectivity index (χ3n) is 7.29. The Morgan fingerprint density at radius 3 is 1.36 bits per heavy atom. The van der Waals surface area contributed by atoms with E-state index in [-0.39, 0.29) is 35.6 Å². The molecule has 1 aliphatic rings. The minimum absolute atomic E-state index is 0. The second-order valence-electron chi connectivity index (χ2n) is 12.6. The molecule has 0 bridgehead atoms. The van der Waals surface area contributed by atoms with Crippen molar-refractivity contribution >= 4 is 81.4 Å². The van der Waals surface area contributed by atoms with Gasteiger partial charge in [-0.05, 0) is 10.8 Å². The molecule has 228 valence electrons. The van der Waals surface area contributed by atoms with Gasteiger partial charge in [0.2, 0.25) is 0 Å². The monoisotopic (exact) mass is 826 g/mol. The van der Waals surface area contributed by atoms with Crippen LogP contribution in [0.15, 0.2) is 118 Å². The van der Waals surface area contributed by atoms with E-state index in [9.17, 15) is 0 Å². The first kappa shape index (κ1) is 38.7. The zero-order chi connectivity index (χ0) is 30.5. The van der Waals surface area contributed by atoms with Crippen molar-refractivity contribution < 1.29 is 24.2 Å². The molecule has 0 fully saturated rings. The van der Waals surface area contributed by atoms with E-state index in [0.29, 0.717) is 0 Å². The standard InChI is InChI=1S/C21H25.C13H8Br2.C5H5.2ClH.Zr/c1-20(2,3)16-9-7-14-11-15-8-10-17(21(4,5)6)13-19(15)18(14)12-16;14-12-5-1-10(2-6-12)9-11-3-7-13(15)8-4-11;1-2-4-5-3-1;;;/h7-13H,1-6H3;1-8H;1-3H,4H2;2*1H;/q-1;;-1;;;+2. The Morgan fingerprint density at radius 2 is 1.07 bits per heavy atom. The molecule has 44 heavy (non-hydrogen) atoms. The van der Waals surface area contributed by atoms with Gasteiger partial charge < -0.3 is 0 Å². The van der Waals surface area contributed by atoms with Crippen molar-refractivity contribution in [2.24, 2.45) is 0 Å². The fraction of sp³-hybridized carbons (Fsp3) is 0.231. The molecule has 0 aliphatic heterocycles. The number of hydrogen-bond acceptors (Lipinski definition) is 0. The van der Waals surface area contributed by atoms with E-state index in [2.05, 4.69) is 177 Å². The summed E-state index contributed by atoms with van der Waals surface area (Å²) in [4.78, 5) is 0. The number of fused-ring (bicyclic) bond motifs is 3. The normalized spacial score (nSPS) is 12.0. The van der Waals surface area contributed by atoms with Crippen molar-refractivity contribution in [2.45, 2.75) is 58.8 Å². The molecular weight excluding hydrogens is 790 g/mol. The van der Waals surface area contributed by atoms with E-state index >= 15 is 0 Å². The molecule has 0 spiro atoms. The first-order valence-corrected chi connectivity index (χ1v) is 17.1. The summed E-state index contributed by atoms with van der Waals surface area (Å²) in [7, 11) is 0. The molecule has 0 N–H and O–H groups in total. The number of halogens is 4. The molecular formula is C39H40Br2Cl2Zr. The Hall–Kier alpha value is -1.48. The van der Waals surface area contributed by atoms with Crippen molar-refractivity contribution in [1.82, 2.24) is 0 Å². The van der Waals surface area contributed by atoms with Gasteiger partial charge in [0.05, 0.1) is 0 Å². The molecule has 0 unspecified atom stereocenters. The van der Waals surface area contributed by atoms with E-state index in [1.165, 1.54) is 71.2 Å². The molecule has 0 atom stereocenters. The smallest absolute Gasteiger partial charge is 0.0145 e. The largest absolute Gasteiger partial charge is 0.273 e. The average Bonchev–Trinajstić information content (AvgIpc) is 3.64. The third kappa shape index (κ3) is 10.5. The molecule has 6 rings (SSSR count). The van der Waals surface area contributed by atoms with Crippen LogP contribution in [0.4, 0.5) is 0 Å². The molecule has 5 aromatic carbocycles. The molecule has 0 saturated heterocycles. The molecule has 0 radical (unpaired) electrons. The van der Waals surface area contributed by atoms with Gasteiger partial charge in [-0.2, -0.15) is 6.08 Å². The minimum Gasteiger partial charge on any atom is -0.273 e. The Balaban J connectivity index is 0.000000260. The van der Waals surface area contributed by atoms with Gasteiger partial charge in [0.15, 0.2) is 0 Å². The molecule has 0 aromatic heterocycles. The van der Waals surface area contributed by atoms with E-state index in [1.54, 1.807) is 0 Å². The summed E-state index contributed by atoms with van der Waals surface area (Å²) < 4.78 is 3.62. The van der Waals surface area contributed by atoms with Crippen LogP contribution in [-0.2, 0) is 35.1 Å². The quantitative estimate of drug-likeness (QED) is 0.156. The molecule has 5 heteroatoms. The SMILES string of the molecule is Brc1ccc([C](=[Zr+2])c2ccc(Br)cc2)cc1.CC(C)(C)c1ccc2[cH-]c3ccc(C(C)(C)C)cc3c2c1.Cl.Cl.[C-]1=CC=CC1. The molecule has 0 amide bonds. The van der Waals surface area contributed by atoms with E-state index in [1.807, 2.05) is 12.2 Å². The van der Waals surface area contributed by atoms with Crippen LogP contribution < -0.4 is 0 Å². The third-order valence-corrected chi connectivity index (χ3v) is 9.77. The number of hydrogen-bond donors (Lipinski definition) is 0. The number of rotatable bonds is 2. The topological polar surface area (TPSA) is 0 Å². The van der Waals surface area contributed by atoms with Crippen LogP contribution in [0.2, 0.25) is 0 Å². The van der Waals surface area contributed by atoms with Gasteiger partial charge in [-0.15, -0.1) is 71.0 Å². The summed E-state index contributed by atoms with van der Waals surface area (Å²) in [5.74, 6) is 0. The van der Waals surface area contributed by atoms with Crippen LogP contribution >= 0.6 is 56.7 Å². The fourth-order valence-electron chi connectivity index (χ4n) is 4.67. The predicted molar refractivity (Wildman–Crippen MR) is 202 cm³/mol. The summed E-state index contributed by atoms with van der Waals surface area (Å²) in [6.45, 7) is 13.7. The maximum atomic E-state index is 3.45. The zero-order valence-electron chi connectivity index (χ0n) is 26.2. The predicted octanol–water partition coefficient (Wildman–Crippen LogP) is 12.8. The van der Waals surface area contributed by atoms with Crippen molar-refractivity contribution in [3.63, 3.8) is 0 Å². The second-order valence-corrected chi connectivity index (χ2v) is 15.7. The summed E-state index contributed by atoms with van der Waals surface area (Å²) in [5, 5.41) is 5.49. The van der Waals surface area contributed by atoms with Crippen molar-refractivity contribution in [3.8, 4) is 0 Å². The van der Waals surface area contributed by atoms with Crippen molar-refractivity contribution in [2.75, 3.05) is 0 Å². The van der Waals surface area contributed by atoms with Crippen LogP contribution in [-0.4, -0.2) is 3.21 Å². The molecule has 5 aromatic rings. The first-order valence-electron chi connectivity index (χ1n) is 14.3. The number of allylic oxidation sites excluding steroid dienone is 4.